The Morgan fingerprint density at radius 3 is 2.44 bits per heavy atom. The molecule has 0 saturated heterocycles. The van der Waals surface area contributed by atoms with Gasteiger partial charge >= 0.3 is 0 Å². The Morgan fingerprint density at radius 1 is 1.15 bits per heavy atom. The molecule has 1 aromatic heterocycles. The topological polar surface area (TPSA) is 86.6 Å². The van der Waals surface area contributed by atoms with E-state index in [1.54, 1.807) is 18.6 Å². The molecule has 1 aromatic rings. The third-order valence-electron chi connectivity index (χ3n) is 5.72. The quantitative estimate of drug-likeness (QED) is 0.785. The number of nitrogens with zero attached hydrogens (tertiary/aromatic N) is 1. The summed E-state index contributed by atoms with van der Waals surface area (Å²) in [6.45, 7) is 2.11. The molecule has 1 aliphatic heterocycles. The standard InChI is InChI=1S/C19H30N2O5S/c1-13-4-5-14-6-11-17(20-27(3,23)24)18(21(14)19(13)22)12-26-16-9-7-15(25-2)8-10-16/h4-5,15-18,20H,6-12H2,1-3H3. The molecule has 1 N–H and O–H groups in total. The number of rotatable bonds is 6. The first kappa shape index (κ1) is 20.5. The first-order valence-corrected chi connectivity index (χ1v) is 11.5. The molecule has 0 radical (unpaired) electrons. The van der Waals surface area contributed by atoms with Gasteiger partial charge in [0, 0.05) is 24.4 Å². The fourth-order valence-corrected chi connectivity index (χ4v) is 5.03. The fourth-order valence-electron chi connectivity index (χ4n) is 4.21. The maximum absolute atomic E-state index is 12.8. The minimum absolute atomic E-state index is 0.0656. The summed E-state index contributed by atoms with van der Waals surface area (Å²) in [5.74, 6) is 0. The zero-order valence-electron chi connectivity index (χ0n) is 16.3. The van der Waals surface area contributed by atoms with Gasteiger partial charge < -0.3 is 14.0 Å². The lowest BCUT2D eigenvalue weighted by molar-refractivity contribution is -0.0311. The smallest absolute Gasteiger partial charge is 0.254 e. The summed E-state index contributed by atoms with van der Waals surface area (Å²) >= 11 is 0. The zero-order chi connectivity index (χ0) is 19.6. The molecule has 0 spiro atoms. The van der Waals surface area contributed by atoms with Crippen LogP contribution < -0.4 is 10.3 Å². The van der Waals surface area contributed by atoms with Crippen LogP contribution in [0.15, 0.2) is 16.9 Å². The molecule has 2 unspecified atom stereocenters. The van der Waals surface area contributed by atoms with Crippen LogP contribution in [0.4, 0.5) is 0 Å². The third-order valence-corrected chi connectivity index (χ3v) is 6.45. The molecule has 27 heavy (non-hydrogen) atoms. The van der Waals surface area contributed by atoms with E-state index >= 15 is 0 Å². The second-order valence-corrected chi connectivity index (χ2v) is 9.53. The van der Waals surface area contributed by atoms with Gasteiger partial charge in [0.2, 0.25) is 10.0 Å². The van der Waals surface area contributed by atoms with Crippen LogP contribution in [-0.2, 0) is 25.9 Å². The summed E-state index contributed by atoms with van der Waals surface area (Å²) < 4.78 is 39.7. The molecule has 1 aliphatic carbocycles. The van der Waals surface area contributed by atoms with Crippen LogP contribution in [0.1, 0.15) is 49.4 Å². The van der Waals surface area contributed by atoms with E-state index in [-0.39, 0.29) is 23.7 Å². The maximum atomic E-state index is 12.8. The van der Waals surface area contributed by atoms with Crippen LogP contribution in [0.2, 0.25) is 0 Å². The average molecular weight is 399 g/mol. The number of methoxy groups -OCH3 is 1. The summed E-state index contributed by atoms with van der Waals surface area (Å²) in [5, 5.41) is 0. The SMILES string of the molecule is COC1CCC(OCC2C(NS(C)(=O)=O)CCc3ccc(C)c(=O)n32)CC1. The van der Waals surface area contributed by atoms with E-state index < -0.39 is 10.0 Å². The Morgan fingerprint density at radius 2 is 1.81 bits per heavy atom. The number of ether oxygens (including phenoxy) is 2. The van der Waals surface area contributed by atoms with Crippen molar-refractivity contribution >= 4 is 10.0 Å². The first-order chi connectivity index (χ1) is 12.8. The first-order valence-electron chi connectivity index (χ1n) is 9.61. The van der Waals surface area contributed by atoms with Crippen molar-refractivity contribution < 1.29 is 17.9 Å². The zero-order valence-corrected chi connectivity index (χ0v) is 17.1. The van der Waals surface area contributed by atoms with Crippen molar-refractivity contribution in [3.63, 3.8) is 0 Å². The Hall–Kier alpha value is -1.22. The Labute approximate surface area is 161 Å². The Kier molecular flexibility index (Phi) is 6.40. The van der Waals surface area contributed by atoms with Crippen molar-refractivity contribution in [1.29, 1.82) is 0 Å². The number of aryl methyl sites for hydroxylation is 2. The molecule has 2 heterocycles. The monoisotopic (exact) mass is 398 g/mol. The van der Waals surface area contributed by atoms with Gasteiger partial charge in [-0.05, 0) is 51.5 Å². The number of aromatic nitrogens is 1. The highest BCUT2D eigenvalue weighted by Crippen LogP contribution is 2.28. The maximum Gasteiger partial charge on any atom is 0.254 e. The minimum atomic E-state index is -3.37. The number of sulfonamides is 1. The molecule has 2 aliphatic rings. The van der Waals surface area contributed by atoms with Gasteiger partial charge in [-0.3, -0.25) is 4.79 Å². The van der Waals surface area contributed by atoms with Crippen molar-refractivity contribution in [2.45, 2.75) is 69.7 Å². The molecule has 3 rings (SSSR count). The molecule has 0 aromatic carbocycles. The fraction of sp³-hybridized carbons (Fsp3) is 0.737. The highest BCUT2D eigenvalue weighted by molar-refractivity contribution is 7.88. The van der Waals surface area contributed by atoms with E-state index in [2.05, 4.69) is 4.72 Å². The second kappa shape index (κ2) is 8.43. The van der Waals surface area contributed by atoms with E-state index in [1.807, 2.05) is 12.1 Å². The summed E-state index contributed by atoms with van der Waals surface area (Å²) in [4.78, 5) is 12.8. The molecule has 0 bridgehead atoms. The summed E-state index contributed by atoms with van der Waals surface area (Å²) in [5.41, 5.74) is 1.53. The van der Waals surface area contributed by atoms with Gasteiger partial charge in [-0.25, -0.2) is 13.1 Å². The molecule has 2 atom stereocenters. The van der Waals surface area contributed by atoms with Crippen LogP contribution in [0, 0.1) is 6.92 Å². The van der Waals surface area contributed by atoms with E-state index in [0.29, 0.717) is 31.1 Å². The molecule has 7 nitrogen and oxygen atoms in total. The largest absolute Gasteiger partial charge is 0.381 e. The molecule has 152 valence electrons. The van der Waals surface area contributed by atoms with E-state index in [1.165, 1.54) is 0 Å². The molecule has 0 amide bonds. The van der Waals surface area contributed by atoms with Crippen molar-refractivity contribution in [3.8, 4) is 0 Å². The van der Waals surface area contributed by atoms with E-state index in [9.17, 15) is 13.2 Å². The second-order valence-electron chi connectivity index (χ2n) is 7.75. The van der Waals surface area contributed by atoms with Gasteiger partial charge in [0.05, 0.1) is 31.1 Å². The molecule has 1 fully saturated rings. The van der Waals surface area contributed by atoms with Gasteiger partial charge in [-0.15, -0.1) is 0 Å². The predicted octanol–water partition coefficient (Wildman–Crippen LogP) is 1.54. The highest BCUT2D eigenvalue weighted by Gasteiger charge is 2.33. The van der Waals surface area contributed by atoms with E-state index in [4.69, 9.17) is 9.47 Å². The van der Waals surface area contributed by atoms with Gasteiger partial charge in [-0.1, -0.05) is 6.07 Å². The minimum Gasteiger partial charge on any atom is -0.381 e. The van der Waals surface area contributed by atoms with Gasteiger partial charge in [0.1, 0.15) is 0 Å². The van der Waals surface area contributed by atoms with Crippen LogP contribution >= 0.6 is 0 Å². The lowest BCUT2D eigenvalue weighted by Crippen LogP contribution is -2.49. The Balaban J connectivity index is 1.80. The van der Waals surface area contributed by atoms with Crippen LogP contribution in [0.5, 0.6) is 0 Å². The van der Waals surface area contributed by atoms with Crippen molar-refractivity contribution in [2.24, 2.45) is 0 Å². The number of hydrogen-bond acceptors (Lipinski definition) is 5. The molecular weight excluding hydrogens is 368 g/mol. The van der Waals surface area contributed by atoms with Crippen LogP contribution in [-0.4, -0.2) is 51.2 Å². The van der Waals surface area contributed by atoms with Crippen LogP contribution in [0.3, 0.4) is 0 Å². The molecular formula is C19H30N2O5S. The van der Waals surface area contributed by atoms with Gasteiger partial charge in [-0.2, -0.15) is 0 Å². The van der Waals surface area contributed by atoms with E-state index in [0.717, 1.165) is 37.6 Å². The third kappa shape index (κ3) is 4.99. The van der Waals surface area contributed by atoms with Crippen molar-refractivity contribution in [3.05, 3.63) is 33.7 Å². The average Bonchev–Trinajstić information content (AvgIpc) is 2.63. The number of fused-ring (bicyclic) bond motifs is 1. The molecule has 8 heteroatoms. The summed E-state index contributed by atoms with van der Waals surface area (Å²) in [7, 11) is -1.64. The van der Waals surface area contributed by atoms with Crippen molar-refractivity contribution in [1.82, 2.24) is 9.29 Å². The number of nitrogens with one attached hydrogen (secondary N) is 1. The predicted molar refractivity (Wildman–Crippen MR) is 104 cm³/mol. The van der Waals surface area contributed by atoms with Gasteiger partial charge in [0.15, 0.2) is 0 Å². The van der Waals surface area contributed by atoms with Crippen molar-refractivity contribution in [2.75, 3.05) is 20.0 Å². The Bertz CT molecular complexity index is 812. The van der Waals surface area contributed by atoms with Crippen LogP contribution in [0.25, 0.3) is 0 Å². The summed E-state index contributed by atoms with van der Waals surface area (Å²) in [6, 6.07) is 3.12. The lowest BCUT2D eigenvalue weighted by atomic mass is 9.94. The number of hydrogen-bond donors (Lipinski definition) is 1. The number of pyridine rings is 1. The highest BCUT2D eigenvalue weighted by atomic mass is 32.2. The normalized spacial score (nSPS) is 28.7. The summed E-state index contributed by atoms with van der Waals surface area (Å²) in [6.07, 6.45) is 6.67. The van der Waals surface area contributed by atoms with Gasteiger partial charge in [0.25, 0.3) is 5.56 Å². The lowest BCUT2D eigenvalue weighted by Gasteiger charge is -2.37. The molecule has 1 saturated carbocycles.